The third-order valence-corrected chi connectivity index (χ3v) is 5.53. The second-order valence-electron chi connectivity index (χ2n) is 7.78. The minimum atomic E-state index is -0.480. The Hall–Kier alpha value is -4.17. The smallest absolute Gasteiger partial charge is 0.413 e. The lowest BCUT2D eigenvalue weighted by atomic mass is 10.1. The average molecular weight is 521 g/mol. The van der Waals surface area contributed by atoms with Crippen LogP contribution in [-0.4, -0.2) is 44.5 Å². The van der Waals surface area contributed by atoms with Crippen LogP contribution in [0.15, 0.2) is 88.2 Å². The molecule has 0 saturated heterocycles. The van der Waals surface area contributed by atoms with Crippen molar-refractivity contribution in [2.75, 3.05) is 25.7 Å². The number of hydrogen-bond donors (Lipinski definition) is 0. The topological polar surface area (TPSA) is 85.1 Å². The monoisotopic (exact) mass is 520 g/mol. The van der Waals surface area contributed by atoms with Crippen LogP contribution in [0.3, 0.4) is 0 Å². The van der Waals surface area contributed by atoms with E-state index >= 15 is 0 Å². The van der Waals surface area contributed by atoms with E-state index in [4.69, 9.17) is 25.9 Å². The third kappa shape index (κ3) is 7.65. The zero-order chi connectivity index (χ0) is 26.6. The number of anilines is 1. The van der Waals surface area contributed by atoms with Crippen LogP contribution < -0.4 is 9.64 Å². The summed E-state index contributed by atoms with van der Waals surface area (Å²) in [6.07, 6.45) is 1.09. The third-order valence-electron chi connectivity index (χ3n) is 5.22. The van der Waals surface area contributed by atoms with Gasteiger partial charge in [0.25, 0.3) is 0 Å². The van der Waals surface area contributed by atoms with Gasteiger partial charge in [-0.2, -0.15) is 10.2 Å². The number of amides is 1. The van der Waals surface area contributed by atoms with E-state index in [2.05, 4.69) is 15.4 Å². The van der Waals surface area contributed by atoms with Crippen molar-refractivity contribution in [2.45, 2.75) is 19.7 Å². The molecule has 0 fully saturated rings. The molecule has 3 aromatic carbocycles. The van der Waals surface area contributed by atoms with Gasteiger partial charge in [-0.15, -0.1) is 11.6 Å². The number of ether oxygens (including phenoxy) is 2. The Bertz CT molecular complexity index is 1270. The standard InChI is InChI=1S/C28H29ClN4O4/c1-5-36-32-27(22-12-16-25(17-13-22)37-24-14-10-21(18-29)11-15-24)20(2)31-30-19-23-8-6-7-9-26(23)33(3)28(34)35-4/h6-17,19H,5,18H2,1-4H3. The molecular formula is C28H29ClN4O4. The lowest BCUT2D eigenvalue weighted by Gasteiger charge is -2.17. The number of rotatable bonds is 10. The molecule has 0 radical (unpaired) electrons. The van der Waals surface area contributed by atoms with Gasteiger partial charge in [0.1, 0.15) is 23.8 Å². The van der Waals surface area contributed by atoms with Gasteiger partial charge in [0.15, 0.2) is 0 Å². The molecule has 3 aromatic rings. The molecule has 0 aliphatic rings. The van der Waals surface area contributed by atoms with Crippen LogP contribution in [0.5, 0.6) is 11.5 Å². The highest BCUT2D eigenvalue weighted by Gasteiger charge is 2.14. The van der Waals surface area contributed by atoms with Gasteiger partial charge in [-0.1, -0.05) is 35.5 Å². The summed E-state index contributed by atoms with van der Waals surface area (Å²) in [4.78, 5) is 18.7. The van der Waals surface area contributed by atoms with Crippen molar-refractivity contribution in [1.29, 1.82) is 0 Å². The fraction of sp³-hybridized carbons (Fsp3) is 0.214. The average Bonchev–Trinajstić information content (AvgIpc) is 2.94. The van der Waals surface area contributed by atoms with Crippen molar-refractivity contribution in [3.8, 4) is 11.5 Å². The molecule has 0 bridgehead atoms. The maximum atomic E-state index is 11.9. The molecule has 8 nitrogen and oxygen atoms in total. The van der Waals surface area contributed by atoms with E-state index in [1.54, 1.807) is 26.3 Å². The molecule has 37 heavy (non-hydrogen) atoms. The molecule has 1 amide bonds. The molecule has 0 saturated carbocycles. The molecule has 0 unspecified atom stereocenters. The first kappa shape index (κ1) is 27.4. The van der Waals surface area contributed by atoms with Crippen molar-refractivity contribution in [1.82, 2.24) is 0 Å². The molecule has 0 atom stereocenters. The van der Waals surface area contributed by atoms with Crippen LogP contribution in [0.25, 0.3) is 0 Å². The van der Waals surface area contributed by atoms with Gasteiger partial charge in [0, 0.05) is 24.1 Å². The lowest BCUT2D eigenvalue weighted by Crippen LogP contribution is -2.26. The maximum absolute atomic E-state index is 11.9. The van der Waals surface area contributed by atoms with Gasteiger partial charge >= 0.3 is 6.09 Å². The van der Waals surface area contributed by atoms with E-state index in [1.807, 2.05) is 73.7 Å². The van der Waals surface area contributed by atoms with E-state index in [0.717, 1.165) is 16.9 Å². The maximum Gasteiger partial charge on any atom is 0.413 e. The van der Waals surface area contributed by atoms with Crippen LogP contribution >= 0.6 is 11.6 Å². The fourth-order valence-corrected chi connectivity index (χ4v) is 3.46. The number of alkyl halides is 1. The van der Waals surface area contributed by atoms with Crippen LogP contribution in [0.1, 0.15) is 30.5 Å². The van der Waals surface area contributed by atoms with Gasteiger partial charge in [0.2, 0.25) is 0 Å². The molecular weight excluding hydrogens is 492 g/mol. The van der Waals surface area contributed by atoms with E-state index in [1.165, 1.54) is 12.0 Å². The fourth-order valence-electron chi connectivity index (χ4n) is 3.28. The van der Waals surface area contributed by atoms with Crippen molar-refractivity contribution >= 4 is 41.0 Å². The number of benzene rings is 3. The van der Waals surface area contributed by atoms with Crippen LogP contribution in [-0.2, 0) is 15.5 Å². The Morgan fingerprint density at radius 3 is 2.27 bits per heavy atom. The van der Waals surface area contributed by atoms with Crippen LogP contribution in [0.2, 0.25) is 0 Å². The number of hydrogen-bond acceptors (Lipinski definition) is 7. The van der Waals surface area contributed by atoms with Crippen molar-refractivity contribution in [2.24, 2.45) is 15.4 Å². The number of methoxy groups -OCH3 is 1. The highest BCUT2D eigenvalue weighted by atomic mass is 35.5. The zero-order valence-corrected chi connectivity index (χ0v) is 22.0. The summed E-state index contributed by atoms with van der Waals surface area (Å²) >= 11 is 5.85. The van der Waals surface area contributed by atoms with Gasteiger partial charge in [0.05, 0.1) is 24.7 Å². The van der Waals surface area contributed by atoms with Gasteiger partial charge < -0.3 is 14.3 Å². The molecule has 0 heterocycles. The SMILES string of the molecule is CCON=C(C(C)=NN=Cc1ccccc1N(C)C(=O)OC)c1ccc(Oc2ccc(CCl)cc2)cc1. The molecule has 192 valence electrons. The predicted octanol–water partition coefficient (Wildman–Crippen LogP) is 6.66. The summed E-state index contributed by atoms with van der Waals surface area (Å²) in [5, 5.41) is 12.8. The Labute approximate surface area is 221 Å². The summed E-state index contributed by atoms with van der Waals surface area (Å²) in [6, 6.07) is 22.4. The molecule has 3 rings (SSSR count). The summed E-state index contributed by atoms with van der Waals surface area (Å²) in [6.45, 7) is 4.06. The van der Waals surface area contributed by atoms with Gasteiger partial charge in [-0.3, -0.25) is 4.90 Å². The van der Waals surface area contributed by atoms with E-state index in [0.29, 0.717) is 40.9 Å². The quantitative estimate of drug-likeness (QED) is 0.170. The molecule has 0 N–H and O–H groups in total. The highest BCUT2D eigenvalue weighted by molar-refractivity contribution is 6.47. The Morgan fingerprint density at radius 1 is 1.00 bits per heavy atom. The normalized spacial score (nSPS) is 11.9. The Kier molecular flexibility index (Phi) is 10.2. The van der Waals surface area contributed by atoms with Crippen LogP contribution in [0.4, 0.5) is 10.5 Å². The predicted molar refractivity (Wildman–Crippen MR) is 149 cm³/mol. The van der Waals surface area contributed by atoms with Crippen molar-refractivity contribution < 1.29 is 19.1 Å². The zero-order valence-electron chi connectivity index (χ0n) is 21.2. The molecule has 0 spiro atoms. The number of halogens is 1. The van der Waals surface area contributed by atoms with E-state index in [9.17, 15) is 4.79 Å². The van der Waals surface area contributed by atoms with Crippen molar-refractivity contribution in [3.63, 3.8) is 0 Å². The van der Waals surface area contributed by atoms with Crippen LogP contribution in [0, 0.1) is 0 Å². The van der Waals surface area contributed by atoms with E-state index < -0.39 is 6.09 Å². The number of nitrogens with zero attached hydrogens (tertiary/aromatic N) is 4. The largest absolute Gasteiger partial charge is 0.457 e. The van der Waals surface area contributed by atoms with E-state index in [-0.39, 0.29) is 0 Å². The Morgan fingerprint density at radius 2 is 1.65 bits per heavy atom. The first-order valence-corrected chi connectivity index (χ1v) is 12.1. The van der Waals surface area contributed by atoms with Gasteiger partial charge in [-0.05, 0) is 61.9 Å². The first-order valence-electron chi connectivity index (χ1n) is 11.6. The summed E-state index contributed by atoms with van der Waals surface area (Å²) in [5.74, 6) is 1.85. The number of oxime groups is 1. The molecule has 9 heteroatoms. The molecule has 0 aliphatic carbocycles. The minimum Gasteiger partial charge on any atom is -0.457 e. The second kappa shape index (κ2) is 13.8. The second-order valence-corrected chi connectivity index (χ2v) is 8.05. The first-order chi connectivity index (χ1) is 18.0. The molecule has 0 aliphatic heterocycles. The number of carbonyl (C=O) groups is 1. The van der Waals surface area contributed by atoms with Gasteiger partial charge in [-0.25, -0.2) is 4.79 Å². The molecule has 0 aromatic heterocycles. The lowest BCUT2D eigenvalue weighted by molar-refractivity contribution is 0.159. The number of carbonyl (C=O) groups excluding carboxylic acids is 1. The minimum absolute atomic E-state index is 0.410. The summed E-state index contributed by atoms with van der Waals surface area (Å²) < 4.78 is 10.7. The number of para-hydroxylation sites is 1. The Balaban J connectivity index is 1.79. The van der Waals surface area contributed by atoms with Crippen molar-refractivity contribution in [3.05, 3.63) is 89.5 Å². The highest BCUT2D eigenvalue weighted by Crippen LogP contribution is 2.23. The summed E-state index contributed by atoms with van der Waals surface area (Å²) in [7, 11) is 2.96. The summed E-state index contributed by atoms with van der Waals surface area (Å²) in [5.41, 5.74) is 4.25.